The summed E-state index contributed by atoms with van der Waals surface area (Å²) in [5.41, 5.74) is 0.789. The van der Waals surface area contributed by atoms with Crippen molar-refractivity contribution in [2.75, 3.05) is 26.8 Å². The van der Waals surface area contributed by atoms with Gasteiger partial charge in [-0.15, -0.1) is 0 Å². The minimum atomic E-state index is -3.51. The van der Waals surface area contributed by atoms with Gasteiger partial charge >= 0.3 is 5.97 Å². The normalized spacial score (nSPS) is 12.8. The van der Waals surface area contributed by atoms with Crippen LogP contribution in [-0.2, 0) is 30.8 Å². The number of benzene rings is 1. The lowest BCUT2D eigenvalue weighted by molar-refractivity contribution is -0.143. The Balaban J connectivity index is 2.68. The summed E-state index contributed by atoms with van der Waals surface area (Å²) >= 11 is 0. The molecule has 26 heavy (non-hydrogen) atoms. The maximum Gasteiger partial charge on any atom is 0.328 e. The molecule has 0 fully saturated rings. The van der Waals surface area contributed by atoms with E-state index in [1.807, 2.05) is 0 Å². The van der Waals surface area contributed by atoms with Gasteiger partial charge in [-0.2, -0.15) is 4.31 Å². The summed E-state index contributed by atoms with van der Waals surface area (Å²) in [5.74, 6) is -1.57. The fourth-order valence-corrected chi connectivity index (χ4v) is 3.86. The molecule has 1 atom stereocenters. The molecule has 0 heterocycles. The van der Waals surface area contributed by atoms with Crippen LogP contribution in [-0.4, -0.2) is 62.6 Å². The molecule has 0 spiro atoms. The van der Waals surface area contributed by atoms with Gasteiger partial charge in [0.05, 0.1) is 11.5 Å². The van der Waals surface area contributed by atoms with E-state index >= 15 is 0 Å². The number of carbonyl (C=O) groups excluding carboxylic acids is 1. The second-order valence-electron chi connectivity index (χ2n) is 5.65. The topological polar surface area (TPSA) is 113 Å². The molecule has 0 aliphatic carbocycles. The van der Waals surface area contributed by atoms with E-state index in [0.717, 1.165) is 5.56 Å². The van der Waals surface area contributed by atoms with Crippen LogP contribution < -0.4 is 5.32 Å². The number of carbonyl (C=O) groups is 2. The molecule has 0 saturated heterocycles. The molecular formula is C17H26N2O6S. The standard InChI is InChI=1S/C17H26N2O6S/c1-4-19(5-2)26(23,24)14-9-6-13(7-10-14)8-11-16(20)18-15(12-25-3)17(21)22/h6-7,9-10,15H,4-5,8,11-12H2,1-3H3,(H,18,20)(H,21,22). The third kappa shape index (κ3) is 6.08. The maximum atomic E-state index is 12.4. The number of rotatable bonds is 11. The first-order valence-corrected chi connectivity index (χ1v) is 9.80. The van der Waals surface area contributed by atoms with Gasteiger partial charge in [0.25, 0.3) is 0 Å². The van der Waals surface area contributed by atoms with Crippen LogP contribution in [0.15, 0.2) is 29.2 Å². The van der Waals surface area contributed by atoms with Crippen molar-refractivity contribution in [3.63, 3.8) is 0 Å². The molecule has 0 saturated carbocycles. The van der Waals surface area contributed by atoms with E-state index in [9.17, 15) is 18.0 Å². The molecule has 0 radical (unpaired) electrons. The number of sulfonamides is 1. The minimum absolute atomic E-state index is 0.0929. The Kier molecular flexibility index (Phi) is 8.70. The number of nitrogens with zero attached hydrogens (tertiary/aromatic N) is 1. The lowest BCUT2D eigenvalue weighted by Crippen LogP contribution is -2.43. The Morgan fingerprint density at radius 2 is 1.77 bits per heavy atom. The first-order chi connectivity index (χ1) is 12.3. The summed E-state index contributed by atoms with van der Waals surface area (Å²) in [6, 6.07) is 5.27. The number of amides is 1. The van der Waals surface area contributed by atoms with Crippen molar-refractivity contribution in [1.29, 1.82) is 0 Å². The summed E-state index contributed by atoms with van der Waals surface area (Å²) < 4.78 is 31.0. The zero-order chi connectivity index (χ0) is 19.7. The van der Waals surface area contributed by atoms with Gasteiger partial charge in [0.2, 0.25) is 15.9 Å². The monoisotopic (exact) mass is 386 g/mol. The van der Waals surface area contributed by atoms with Crippen LogP contribution in [0.5, 0.6) is 0 Å². The third-order valence-corrected chi connectivity index (χ3v) is 5.94. The van der Waals surface area contributed by atoms with E-state index in [2.05, 4.69) is 5.32 Å². The van der Waals surface area contributed by atoms with Crippen LogP contribution >= 0.6 is 0 Å². The predicted molar refractivity (Wildman–Crippen MR) is 96.3 cm³/mol. The van der Waals surface area contributed by atoms with E-state index in [1.165, 1.54) is 23.5 Å². The highest BCUT2D eigenvalue weighted by molar-refractivity contribution is 7.89. The number of carboxylic acids is 1. The van der Waals surface area contributed by atoms with Crippen molar-refractivity contribution in [2.45, 2.75) is 37.6 Å². The molecule has 9 heteroatoms. The molecule has 1 unspecified atom stereocenters. The van der Waals surface area contributed by atoms with E-state index in [0.29, 0.717) is 19.5 Å². The molecule has 0 aliphatic heterocycles. The average Bonchev–Trinajstić information content (AvgIpc) is 2.60. The molecule has 0 aliphatic rings. The van der Waals surface area contributed by atoms with E-state index < -0.39 is 27.9 Å². The summed E-state index contributed by atoms with van der Waals surface area (Å²) in [4.78, 5) is 23.1. The van der Waals surface area contributed by atoms with Gasteiger partial charge in [-0.1, -0.05) is 26.0 Å². The predicted octanol–water partition coefficient (Wildman–Crippen LogP) is 0.866. The maximum absolute atomic E-state index is 12.4. The van der Waals surface area contributed by atoms with Gasteiger partial charge in [-0.25, -0.2) is 13.2 Å². The first-order valence-electron chi connectivity index (χ1n) is 8.36. The van der Waals surface area contributed by atoms with Crippen molar-refractivity contribution >= 4 is 21.9 Å². The van der Waals surface area contributed by atoms with E-state index in [4.69, 9.17) is 9.84 Å². The number of methoxy groups -OCH3 is 1. The Bertz CT molecular complexity index is 698. The fraction of sp³-hybridized carbons (Fsp3) is 0.529. The zero-order valence-corrected chi connectivity index (χ0v) is 16.1. The molecule has 8 nitrogen and oxygen atoms in total. The summed E-state index contributed by atoms with van der Waals surface area (Å²) in [6.07, 6.45) is 0.465. The molecular weight excluding hydrogens is 360 g/mol. The summed E-state index contributed by atoms with van der Waals surface area (Å²) in [7, 11) is -2.15. The summed E-state index contributed by atoms with van der Waals surface area (Å²) in [5, 5.41) is 11.4. The van der Waals surface area contributed by atoms with Crippen LogP contribution in [0, 0.1) is 0 Å². The van der Waals surface area contributed by atoms with Gasteiger partial charge in [0.15, 0.2) is 6.04 Å². The fourth-order valence-electron chi connectivity index (χ4n) is 2.41. The van der Waals surface area contributed by atoms with Gasteiger partial charge in [-0.3, -0.25) is 4.79 Å². The van der Waals surface area contributed by atoms with Crippen LogP contribution in [0.1, 0.15) is 25.8 Å². The number of hydrogen-bond acceptors (Lipinski definition) is 5. The Labute approximate surface area is 154 Å². The van der Waals surface area contributed by atoms with Crippen molar-refractivity contribution in [1.82, 2.24) is 9.62 Å². The van der Waals surface area contributed by atoms with Crippen LogP contribution in [0.25, 0.3) is 0 Å². The van der Waals surface area contributed by atoms with Gasteiger partial charge in [0.1, 0.15) is 0 Å². The van der Waals surface area contributed by atoms with Crippen LogP contribution in [0.2, 0.25) is 0 Å². The average molecular weight is 386 g/mol. The molecule has 0 bridgehead atoms. The Morgan fingerprint density at radius 3 is 2.23 bits per heavy atom. The number of hydrogen-bond donors (Lipinski definition) is 2. The highest BCUT2D eigenvalue weighted by atomic mass is 32.2. The van der Waals surface area contributed by atoms with Crippen molar-refractivity contribution < 1.29 is 27.9 Å². The number of aryl methyl sites for hydroxylation is 1. The Hall–Kier alpha value is -1.97. The number of nitrogens with one attached hydrogen (secondary N) is 1. The van der Waals surface area contributed by atoms with Crippen LogP contribution in [0.4, 0.5) is 0 Å². The molecule has 146 valence electrons. The van der Waals surface area contributed by atoms with Crippen molar-refractivity contribution in [3.05, 3.63) is 29.8 Å². The minimum Gasteiger partial charge on any atom is -0.480 e. The Morgan fingerprint density at radius 1 is 1.19 bits per heavy atom. The SMILES string of the molecule is CCN(CC)S(=O)(=O)c1ccc(CCC(=O)NC(COC)C(=O)O)cc1. The highest BCUT2D eigenvalue weighted by Crippen LogP contribution is 2.16. The highest BCUT2D eigenvalue weighted by Gasteiger charge is 2.22. The van der Waals surface area contributed by atoms with Crippen molar-refractivity contribution in [3.8, 4) is 0 Å². The van der Waals surface area contributed by atoms with E-state index in [-0.39, 0.29) is 17.9 Å². The van der Waals surface area contributed by atoms with Gasteiger partial charge in [0, 0.05) is 26.6 Å². The second kappa shape index (κ2) is 10.2. The molecule has 1 amide bonds. The van der Waals surface area contributed by atoms with E-state index in [1.54, 1.807) is 26.0 Å². The largest absolute Gasteiger partial charge is 0.480 e. The number of ether oxygens (including phenoxy) is 1. The molecule has 1 rings (SSSR count). The van der Waals surface area contributed by atoms with Gasteiger partial charge in [-0.05, 0) is 24.1 Å². The quantitative estimate of drug-likeness (QED) is 0.583. The lowest BCUT2D eigenvalue weighted by atomic mass is 10.1. The van der Waals surface area contributed by atoms with Crippen molar-refractivity contribution in [2.24, 2.45) is 0 Å². The smallest absolute Gasteiger partial charge is 0.328 e. The lowest BCUT2D eigenvalue weighted by Gasteiger charge is -2.18. The molecule has 2 N–H and O–H groups in total. The zero-order valence-electron chi connectivity index (χ0n) is 15.3. The second-order valence-corrected chi connectivity index (χ2v) is 7.58. The molecule has 1 aromatic rings. The van der Waals surface area contributed by atoms with Crippen LogP contribution in [0.3, 0.4) is 0 Å². The number of aliphatic carboxylic acids is 1. The van der Waals surface area contributed by atoms with Gasteiger partial charge < -0.3 is 15.2 Å². The summed E-state index contributed by atoms with van der Waals surface area (Å²) in [6.45, 7) is 4.24. The molecule has 0 aromatic heterocycles. The third-order valence-electron chi connectivity index (χ3n) is 3.87. The number of carboxylic acid groups (broad SMARTS) is 1. The first kappa shape index (κ1) is 22.1. The molecule has 1 aromatic carbocycles.